The number of rotatable bonds is 3. The molecule has 1 aliphatic rings. The lowest BCUT2D eigenvalue weighted by molar-refractivity contribution is 0.938. The second-order valence-corrected chi connectivity index (χ2v) is 14.9. The van der Waals surface area contributed by atoms with E-state index in [9.17, 15) is 0 Å². The zero-order valence-corrected chi connectivity index (χ0v) is 29.2. The molecule has 0 atom stereocenters. The van der Waals surface area contributed by atoms with E-state index in [1.165, 1.54) is 103 Å². The average molecular weight is 677 g/mol. The van der Waals surface area contributed by atoms with Gasteiger partial charge < -0.3 is 0 Å². The number of hydrogen-bond donors (Lipinski definition) is 0. The Morgan fingerprint density at radius 1 is 0.308 bits per heavy atom. The molecule has 0 bridgehead atoms. The van der Waals surface area contributed by atoms with Gasteiger partial charge in [0, 0.05) is 15.7 Å². The summed E-state index contributed by atoms with van der Waals surface area (Å²) in [5.41, 5.74) is 9.14. The first-order chi connectivity index (χ1) is 25.8. The van der Waals surface area contributed by atoms with E-state index in [1.807, 2.05) is 11.8 Å². The van der Waals surface area contributed by atoms with Gasteiger partial charge in [0.2, 0.25) is 0 Å². The molecule has 242 valence electrons. The van der Waals surface area contributed by atoms with E-state index in [-0.39, 0.29) is 5.92 Å². The van der Waals surface area contributed by atoms with Gasteiger partial charge in [0.15, 0.2) is 0 Å². The Morgan fingerprint density at radius 2 is 0.712 bits per heavy atom. The monoisotopic (exact) mass is 676 g/mol. The van der Waals surface area contributed by atoms with Crippen LogP contribution in [0.4, 0.5) is 0 Å². The van der Waals surface area contributed by atoms with Crippen molar-refractivity contribution in [2.45, 2.75) is 15.7 Å². The minimum atomic E-state index is 0.0525. The van der Waals surface area contributed by atoms with Gasteiger partial charge in [-0.1, -0.05) is 200 Å². The summed E-state index contributed by atoms with van der Waals surface area (Å²) in [7, 11) is 0. The van der Waals surface area contributed by atoms with Crippen LogP contribution in [-0.2, 0) is 0 Å². The molecule has 0 aliphatic carbocycles. The third-order valence-electron chi connectivity index (χ3n) is 11.2. The van der Waals surface area contributed by atoms with E-state index >= 15 is 0 Å². The van der Waals surface area contributed by atoms with Crippen LogP contribution >= 0.6 is 11.8 Å². The van der Waals surface area contributed by atoms with E-state index < -0.39 is 0 Å². The van der Waals surface area contributed by atoms with Gasteiger partial charge in [0.25, 0.3) is 0 Å². The van der Waals surface area contributed by atoms with Crippen LogP contribution < -0.4 is 0 Å². The van der Waals surface area contributed by atoms with Gasteiger partial charge in [0.1, 0.15) is 0 Å². The molecule has 0 unspecified atom stereocenters. The van der Waals surface area contributed by atoms with Crippen LogP contribution in [0.3, 0.4) is 0 Å². The summed E-state index contributed by atoms with van der Waals surface area (Å²) in [6.45, 7) is 0. The van der Waals surface area contributed by atoms with Crippen molar-refractivity contribution in [3.8, 4) is 22.3 Å². The molecule has 0 amide bonds. The summed E-state index contributed by atoms with van der Waals surface area (Å²) < 4.78 is 0. The molecule has 52 heavy (non-hydrogen) atoms. The van der Waals surface area contributed by atoms with E-state index in [1.54, 1.807) is 0 Å². The Kier molecular flexibility index (Phi) is 6.65. The topological polar surface area (TPSA) is 0 Å². The predicted octanol–water partition coefficient (Wildman–Crippen LogP) is 14.4. The van der Waals surface area contributed by atoms with Gasteiger partial charge in [0.05, 0.1) is 0 Å². The second-order valence-electron chi connectivity index (χ2n) is 13.9. The summed E-state index contributed by atoms with van der Waals surface area (Å²) in [6, 6.07) is 69.8. The van der Waals surface area contributed by atoms with E-state index in [2.05, 4.69) is 188 Å². The molecule has 10 aromatic carbocycles. The highest BCUT2D eigenvalue weighted by molar-refractivity contribution is 8.00. The van der Waals surface area contributed by atoms with Crippen molar-refractivity contribution < 1.29 is 0 Å². The lowest BCUT2D eigenvalue weighted by Crippen LogP contribution is -2.13. The normalized spacial score (nSPS) is 12.8. The van der Waals surface area contributed by atoms with Crippen molar-refractivity contribution in [3.05, 3.63) is 205 Å². The Balaban J connectivity index is 1.20. The number of hydrogen-bond acceptors (Lipinski definition) is 1. The molecule has 10 aromatic rings. The highest BCUT2D eigenvalue weighted by atomic mass is 32.2. The van der Waals surface area contributed by atoms with Gasteiger partial charge >= 0.3 is 0 Å². The molecular weight excluding hydrogens is 645 g/mol. The molecule has 1 heterocycles. The minimum Gasteiger partial charge on any atom is -0.0881 e. The zero-order chi connectivity index (χ0) is 34.2. The van der Waals surface area contributed by atoms with Crippen LogP contribution in [0.25, 0.3) is 76.1 Å². The number of benzene rings is 10. The third kappa shape index (κ3) is 4.36. The fourth-order valence-electron chi connectivity index (χ4n) is 8.94. The minimum absolute atomic E-state index is 0.0525. The van der Waals surface area contributed by atoms with Crippen LogP contribution in [0.2, 0.25) is 0 Å². The quantitative estimate of drug-likeness (QED) is 0.168. The van der Waals surface area contributed by atoms with Crippen molar-refractivity contribution in [2.75, 3.05) is 0 Å². The van der Waals surface area contributed by atoms with Gasteiger partial charge in [-0.3, -0.25) is 0 Å². The summed E-state index contributed by atoms with van der Waals surface area (Å²) in [4.78, 5) is 2.75. The van der Waals surface area contributed by atoms with Gasteiger partial charge in [-0.2, -0.15) is 0 Å². The van der Waals surface area contributed by atoms with Crippen molar-refractivity contribution in [1.82, 2.24) is 0 Å². The molecule has 1 aliphatic heterocycles. The maximum Gasteiger partial charge on any atom is 0.0375 e. The first kappa shape index (κ1) is 29.6. The van der Waals surface area contributed by atoms with Crippen molar-refractivity contribution in [2.24, 2.45) is 0 Å². The summed E-state index contributed by atoms with van der Waals surface area (Å²) in [5, 5.41) is 13.1. The van der Waals surface area contributed by atoms with Gasteiger partial charge in [-0.05, 0) is 92.8 Å². The fraction of sp³-hybridized carbons (Fsp3) is 0.0196. The van der Waals surface area contributed by atoms with Crippen molar-refractivity contribution in [3.63, 3.8) is 0 Å². The van der Waals surface area contributed by atoms with Crippen LogP contribution in [0, 0.1) is 0 Å². The Bertz CT molecular complexity index is 2900. The molecule has 11 rings (SSSR count). The zero-order valence-electron chi connectivity index (χ0n) is 28.4. The molecular formula is C51H32S. The van der Waals surface area contributed by atoms with Crippen molar-refractivity contribution in [1.29, 1.82) is 0 Å². The van der Waals surface area contributed by atoms with Gasteiger partial charge in [-0.25, -0.2) is 0 Å². The Morgan fingerprint density at radius 3 is 1.21 bits per heavy atom. The molecule has 0 saturated heterocycles. The number of fused-ring (bicyclic) bond motifs is 13. The maximum atomic E-state index is 2.40. The molecule has 0 fully saturated rings. The predicted molar refractivity (Wildman–Crippen MR) is 223 cm³/mol. The second kappa shape index (κ2) is 11.7. The van der Waals surface area contributed by atoms with E-state index in [0.29, 0.717) is 0 Å². The Hall–Kier alpha value is -6.15. The summed E-state index contributed by atoms with van der Waals surface area (Å²) in [5.74, 6) is 0.0525. The standard InChI is InChI=1S/C51H32S/c1-2-14-32(15-3-1)36-26-12-16-34-17-13-27-37(46(34)36)33-28-30-35(31-29-33)47-48-42-22-8-4-18-38(42)40-20-6-10-24-44(40)50(48)52-51-45-25-11-7-21-41(45)39-19-5-9-23-43(39)49(47)51/h1-31,47H. The third-order valence-corrected chi connectivity index (χ3v) is 12.5. The van der Waals surface area contributed by atoms with Crippen LogP contribution in [0.1, 0.15) is 22.6 Å². The highest BCUT2D eigenvalue weighted by Gasteiger charge is 2.34. The molecule has 0 saturated carbocycles. The SMILES string of the molecule is c1ccc(-c2cccc3cccc(-c4ccc(C5c6c(c7ccccc7c7ccccc67)Sc6c5c5ccccc5c5ccccc65)cc4)c23)cc1. The van der Waals surface area contributed by atoms with Crippen molar-refractivity contribution >= 4 is 65.6 Å². The molecule has 0 nitrogen and oxygen atoms in total. The molecule has 0 N–H and O–H groups in total. The average Bonchev–Trinajstić information content (AvgIpc) is 3.23. The molecule has 0 spiro atoms. The molecule has 1 heteroatoms. The molecule has 0 radical (unpaired) electrons. The van der Waals surface area contributed by atoms with Gasteiger partial charge in [-0.15, -0.1) is 0 Å². The first-order valence-electron chi connectivity index (χ1n) is 18.1. The summed E-state index contributed by atoms with van der Waals surface area (Å²) in [6.07, 6.45) is 0. The smallest absolute Gasteiger partial charge is 0.0375 e. The van der Waals surface area contributed by atoms with E-state index in [0.717, 1.165) is 0 Å². The van der Waals surface area contributed by atoms with Crippen LogP contribution in [-0.4, -0.2) is 0 Å². The Labute approximate surface area is 307 Å². The van der Waals surface area contributed by atoms with E-state index in [4.69, 9.17) is 0 Å². The van der Waals surface area contributed by atoms with Crippen LogP contribution in [0.5, 0.6) is 0 Å². The fourth-order valence-corrected chi connectivity index (χ4v) is 10.4. The van der Waals surface area contributed by atoms with Crippen LogP contribution in [0.15, 0.2) is 198 Å². The largest absolute Gasteiger partial charge is 0.0881 e. The highest BCUT2D eigenvalue weighted by Crippen LogP contribution is 2.57. The maximum absolute atomic E-state index is 2.40. The lowest BCUT2D eigenvalue weighted by atomic mass is 9.78. The lowest BCUT2D eigenvalue weighted by Gasteiger charge is -2.33. The summed E-state index contributed by atoms with van der Waals surface area (Å²) >= 11 is 1.97. The first-order valence-corrected chi connectivity index (χ1v) is 18.9. The molecule has 0 aromatic heterocycles.